The quantitative estimate of drug-likeness (QED) is 0.819. The maximum absolute atomic E-state index is 5.72. The number of halogens is 1. The Hall–Kier alpha value is -1.35. The summed E-state index contributed by atoms with van der Waals surface area (Å²) >= 11 is 3.42. The largest absolute Gasteiger partial charge is 0.457 e. The Labute approximate surface area is 97.1 Å². The first-order chi connectivity index (χ1) is 7.25. The van der Waals surface area contributed by atoms with Crippen LogP contribution in [0.3, 0.4) is 0 Å². The second-order valence-corrected chi connectivity index (χ2v) is 4.11. The topological polar surface area (TPSA) is 22.1 Å². The average Bonchev–Trinajstić information content (AvgIpc) is 2.25. The number of pyridine rings is 1. The molecule has 1 aromatic heterocycles. The van der Waals surface area contributed by atoms with Crippen LogP contribution in [0.1, 0.15) is 5.56 Å². The van der Waals surface area contributed by atoms with Crippen LogP contribution in [0.25, 0.3) is 0 Å². The number of benzene rings is 1. The summed E-state index contributed by atoms with van der Waals surface area (Å²) in [5.41, 5.74) is 1.11. The maximum Gasteiger partial charge on any atom is 0.131 e. The number of nitrogens with zero attached hydrogens (tertiary/aromatic N) is 1. The normalized spacial score (nSPS) is 10.0. The SMILES string of the molecule is Cc1ccc(Br)cc1Oc1ccncc1. The van der Waals surface area contributed by atoms with E-state index in [9.17, 15) is 0 Å². The molecule has 2 rings (SSSR count). The van der Waals surface area contributed by atoms with Gasteiger partial charge in [-0.1, -0.05) is 22.0 Å². The minimum atomic E-state index is 0.797. The van der Waals surface area contributed by atoms with E-state index in [4.69, 9.17) is 4.74 Å². The summed E-state index contributed by atoms with van der Waals surface area (Å²) in [6, 6.07) is 9.63. The van der Waals surface area contributed by atoms with E-state index in [1.165, 1.54) is 0 Å². The highest BCUT2D eigenvalue weighted by Crippen LogP contribution is 2.27. The molecule has 1 aromatic carbocycles. The summed E-state index contributed by atoms with van der Waals surface area (Å²) in [6.07, 6.45) is 3.42. The van der Waals surface area contributed by atoms with Gasteiger partial charge >= 0.3 is 0 Å². The highest BCUT2D eigenvalue weighted by atomic mass is 79.9. The Balaban J connectivity index is 2.28. The van der Waals surface area contributed by atoms with Crippen molar-refractivity contribution in [2.24, 2.45) is 0 Å². The molecule has 76 valence electrons. The van der Waals surface area contributed by atoms with Crippen molar-refractivity contribution < 1.29 is 4.74 Å². The van der Waals surface area contributed by atoms with Crippen molar-refractivity contribution in [3.8, 4) is 11.5 Å². The Morgan fingerprint density at radius 1 is 1.13 bits per heavy atom. The summed E-state index contributed by atoms with van der Waals surface area (Å²) in [5.74, 6) is 1.65. The molecule has 0 spiro atoms. The lowest BCUT2D eigenvalue weighted by atomic mass is 10.2. The van der Waals surface area contributed by atoms with Crippen LogP contribution >= 0.6 is 15.9 Å². The van der Waals surface area contributed by atoms with Gasteiger partial charge in [-0.3, -0.25) is 4.98 Å². The van der Waals surface area contributed by atoms with Crippen LogP contribution in [0.15, 0.2) is 47.2 Å². The zero-order valence-electron chi connectivity index (χ0n) is 8.27. The van der Waals surface area contributed by atoms with E-state index >= 15 is 0 Å². The molecule has 3 heteroatoms. The number of aromatic nitrogens is 1. The van der Waals surface area contributed by atoms with E-state index in [1.807, 2.05) is 37.3 Å². The van der Waals surface area contributed by atoms with Gasteiger partial charge in [0.2, 0.25) is 0 Å². The van der Waals surface area contributed by atoms with Gasteiger partial charge in [-0.25, -0.2) is 0 Å². The molecule has 0 bridgehead atoms. The number of hydrogen-bond acceptors (Lipinski definition) is 2. The van der Waals surface area contributed by atoms with Crippen LogP contribution in [0.2, 0.25) is 0 Å². The Morgan fingerprint density at radius 3 is 2.60 bits per heavy atom. The van der Waals surface area contributed by atoms with Crippen LogP contribution in [-0.2, 0) is 0 Å². The number of rotatable bonds is 2. The number of hydrogen-bond donors (Lipinski definition) is 0. The van der Waals surface area contributed by atoms with Gasteiger partial charge in [0.05, 0.1) is 0 Å². The lowest BCUT2D eigenvalue weighted by Gasteiger charge is -2.08. The molecule has 0 saturated heterocycles. The van der Waals surface area contributed by atoms with Crippen LogP contribution < -0.4 is 4.74 Å². The van der Waals surface area contributed by atoms with Crippen LogP contribution in [0, 0.1) is 6.92 Å². The summed E-state index contributed by atoms with van der Waals surface area (Å²) < 4.78 is 6.73. The van der Waals surface area contributed by atoms with Crippen molar-refractivity contribution >= 4 is 15.9 Å². The van der Waals surface area contributed by atoms with Crippen LogP contribution in [0.4, 0.5) is 0 Å². The highest BCUT2D eigenvalue weighted by Gasteiger charge is 2.01. The monoisotopic (exact) mass is 263 g/mol. The third-order valence-corrected chi connectivity index (χ3v) is 2.52. The Bertz CT molecular complexity index is 456. The maximum atomic E-state index is 5.72. The minimum Gasteiger partial charge on any atom is -0.457 e. The van der Waals surface area contributed by atoms with Crippen LogP contribution in [0.5, 0.6) is 11.5 Å². The molecule has 2 aromatic rings. The summed E-state index contributed by atoms with van der Waals surface area (Å²) in [7, 11) is 0. The van der Waals surface area contributed by atoms with Crippen molar-refractivity contribution in [3.63, 3.8) is 0 Å². The molecule has 0 N–H and O–H groups in total. The Morgan fingerprint density at radius 2 is 1.87 bits per heavy atom. The van der Waals surface area contributed by atoms with Gasteiger partial charge in [0.1, 0.15) is 11.5 Å². The van der Waals surface area contributed by atoms with Gasteiger partial charge in [-0.15, -0.1) is 0 Å². The molecule has 0 amide bonds. The molecular formula is C12H10BrNO. The molecule has 0 unspecified atom stereocenters. The molecule has 0 aliphatic carbocycles. The number of ether oxygens (including phenoxy) is 1. The van der Waals surface area contributed by atoms with E-state index in [2.05, 4.69) is 20.9 Å². The first-order valence-electron chi connectivity index (χ1n) is 4.60. The van der Waals surface area contributed by atoms with Gasteiger partial charge in [0.25, 0.3) is 0 Å². The van der Waals surface area contributed by atoms with Crippen molar-refractivity contribution in [1.29, 1.82) is 0 Å². The fraction of sp³-hybridized carbons (Fsp3) is 0.0833. The Kier molecular flexibility index (Phi) is 3.02. The molecule has 0 saturated carbocycles. The lowest BCUT2D eigenvalue weighted by molar-refractivity contribution is 0.478. The van der Waals surface area contributed by atoms with Crippen molar-refractivity contribution in [2.45, 2.75) is 6.92 Å². The molecule has 2 nitrogen and oxygen atoms in total. The zero-order chi connectivity index (χ0) is 10.7. The van der Waals surface area contributed by atoms with E-state index < -0.39 is 0 Å². The van der Waals surface area contributed by atoms with Crippen LogP contribution in [-0.4, -0.2) is 4.98 Å². The van der Waals surface area contributed by atoms with E-state index in [0.29, 0.717) is 0 Å². The molecule has 0 radical (unpaired) electrons. The predicted octanol–water partition coefficient (Wildman–Crippen LogP) is 3.94. The third-order valence-electron chi connectivity index (χ3n) is 2.03. The molecule has 0 fully saturated rings. The van der Waals surface area contributed by atoms with E-state index in [-0.39, 0.29) is 0 Å². The molecule has 0 atom stereocenters. The standard InChI is InChI=1S/C12H10BrNO/c1-9-2-3-10(13)8-12(9)15-11-4-6-14-7-5-11/h2-8H,1H3. The first-order valence-corrected chi connectivity index (χ1v) is 5.39. The second kappa shape index (κ2) is 4.45. The van der Waals surface area contributed by atoms with E-state index in [1.54, 1.807) is 12.4 Å². The lowest BCUT2D eigenvalue weighted by Crippen LogP contribution is -1.87. The van der Waals surface area contributed by atoms with Crippen molar-refractivity contribution in [1.82, 2.24) is 4.98 Å². The molecular weight excluding hydrogens is 254 g/mol. The second-order valence-electron chi connectivity index (χ2n) is 3.19. The molecule has 1 heterocycles. The minimum absolute atomic E-state index is 0.797. The summed E-state index contributed by atoms with van der Waals surface area (Å²) in [6.45, 7) is 2.02. The van der Waals surface area contributed by atoms with E-state index in [0.717, 1.165) is 21.5 Å². The van der Waals surface area contributed by atoms with Crippen molar-refractivity contribution in [2.75, 3.05) is 0 Å². The van der Waals surface area contributed by atoms with Gasteiger partial charge < -0.3 is 4.74 Å². The average molecular weight is 264 g/mol. The van der Waals surface area contributed by atoms with Gasteiger partial charge in [0, 0.05) is 16.9 Å². The van der Waals surface area contributed by atoms with Gasteiger partial charge in [0.15, 0.2) is 0 Å². The summed E-state index contributed by atoms with van der Waals surface area (Å²) in [5, 5.41) is 0. The molecule has 0 aliphatic heterocycles. The summed E-state index contributed by atoms with van der Waals surface area (Å²) in [4.78, 5) is 3.94. The first kappa shape index (κ1) is 10.2. The number of aryl methyl sites for hydroxylation is 1. The van der Waals surface area contributed by atoms with Gasteiger partial charge in [-0.05, 0) is 36.8 Å². The fourth-order valence-corrected chi connectivity index (χ4v) is 1.56. The fourth-order valence-electron chi connectivity index (χ4n) is 1.22. The highest BCUT2D eigenvalue weighted by molar-refractivity contribution is 9.10. The van der Waals surface area contributed by atoms with Gasteiger partial charge in [-0.2, -0.15) is 0 Å². The van der Waals surface area contributed by atoms with Crippen molar-refractivity contribution in [3.05, 3.63) is 52.8 Å². The molecule has 15 heavy (non-hydrogen) atoms. The predicted molar refractivity (Wildman–Crippen MR) is 63.2 cm³/mol. The zero-order valence-corrected chi connectivity index (χ0v) is 9.86. The third kappa shape index (κ3) is 2.57. The molecule has 0 aliphatic rings. The smallest absolute Gasteiger partial charge is 0.131 e.